The van der Waals surface area contributed by atoms with E-state index in [2.05, 4.69) is 31.1 Å². The molecule has 2 rings (SSSR count). The fourth-order valence-corrected chi connectivity index (χ4v) is 2.43. The van der Waals surface area contributed by atoms with Gasteiger partial charge in [0.05, 0.1) is 0 Å². The van der Waals surface area contributed by atoms with E-state index < -0.39 is 0 Å². The highest BCUT2D eigenvalue weighted by atomic mass is 16.1. The van der Waals surface area contributed by atoms with E-state index in [1.807, 2.05) is 36.5 Å². The summed E-state index contributed by atoms with van der Waals surface area (Å²) in [6, 6.07) is 11.8. The third-order valence-electron chi connectivity index (χ3n) is 3.96. The zero-order chi connectivity index (χ0) is 16.7. The molecule has 1 aromatic carbocycles. The van der Waals surface area contributed by atoms with Crippen LogP contribution < -0.4 is 5.32 Å². The molecular weight excluding hydrogens is 284 g/mol. The van der Waals surface area contributed by atoms with Gasteiger partial charge in [-0.1, -0.05) is 51.8 Å². The molecule has 122 valence electrons. The van der Waals surface area contributed by atoms with Crippen LogP contribution in [0.2, 0.25) is 0 Å². The fourth-order valence-electron chi connectivity index (χ4n) is 2.43. The number of pyridine rings is 1. The monoisotopic (exact) mass is 310 g/mol. The lowest BCUT2D eigenvalue weighted by Gasteiger charge is -2.08. The molecular formula is C20H26N2O. The van der Waals surface area contributed by atoms with Crippen LogP contribution in [0.3, 0.4) is 0 Å². The van der Waals surface area contributed by atoms with Crippen LogP contribution in [-0.4, -0.2) is 10.9 Å². The summed E-state index contributed by atoms with van der Waals surface area (Å²) >= 11 is 0. The predicted octanol–water partition coefficient (Wildman–Crippen LogP) is 5.19. The van der Waals surface area contributed by atoms with Gasteiger partial charge in [-0.15, -0.1) is 0 Å². The number of hydrogen-bond donors (Lipinski definition) is 1. The Morgan fingerprint density at radius 1 is 1.09 bits per heavy atom. The van der Waals surface area contributed by atoms with Crippen molar-refractivity contribution in [2.45, 2.75) is 52.4 Å². The van der Waals surface area contributed by atoms with Crippen molar-refractivity contribution in [2.75, 3.05) is 5.32 Å². The zero-order valence-corrected chi connectivity index (χ0v) is 14.3. The number of carbonyl (C=O) groups excluding carboxylic acids is 1. The molecule has 1 N–H and O–H groups in total. The van der Waals surface area contributed by atoms with E-state index in [4.69, 9.17) is 0 Å². The summed E-state index contributed by atoms with van der Waals surface area (Å²) in [6.07, 6.45) is 6.45. The number of amides is 1. The normalized spacial score (nSPS) is 10.8. The van der Waals surface area contributed by atoms with Gasteiger partial charge in [0.2, 0.25) is 0 Å². The first-order valence-electron chi connectivity index (χ1n) is 8.46. The van der Waals surface area contributed by atoms with E-state index in [0.29, 0.717) is 11.6 Å². The number of anilines is 1. The van der Waals surface area contributed by atoms with Crippen molar-refractivity contribution in [1.29, 1.82) is 0 Å². The van der Waals surface area contributed by atoms with Gasteiger partial charge in [-0.2, -0.15) is 0 Å². The van der Waals surface area contributed by atoms with Crippen molar-refractivity contribution in [3.63, 3.8) is 0 Å². The number of nitrogens with zero attached hydrogens (tertiary/aromatic N) is 1. The van der Waals surface area contributed by atoms with Crippen molar-refractivity contribution in [1.82, 2.24) is 4.98 Å². The maximum absolute atomic E-state index is 12.2. The lowest BCUT2D eigenvalue weighted by molar-refractivity contribution is 0.102. The maximum Gasteiger partial charge on any atom is 0.274 e. The molecule has 0 saturated carbocycles. The van der Waals surface area contributed by atoms with Gasteiger partial charge >= 0.3 is 0 Å². The molecule has 0 fully saturated rings. The van der Waals surface area contributed by atoms with Crippen molar-refractivity contribution >= 4 is 11.6 Å². The van der Waals surface area contributed by atoms with Crippen molar-refractivity contribution in [3.05, 3.63) is 59.4 Å². The number of carbonyl (C=O) groups is 1. The van der Waals surface area contributed by atoms with Crippen molar-refractivity contribution in [2.24, 2.45) is 0 Å². The summed E-state index contributed by atoms with van der Waals surface area (Å²) in [7, 11) is 0. The molecule has 2 aromatic rings. The second-order valence-electron chi connectivity index (χ2n) is 6.24. The van der Waals surface area contributed by atoms with Gasteiger partial charge in [0, 0.05) is 11.9 Å². The molecule has 0 spiro atoms. The minimum atomic E-state index is -0.164. The minimum absolute atomic E-state index is 0.164. The Morgan fingerprint density at radius 3 is 2.39 bits per heavy atom. The van der Waals surface area contributed by atoms with Gasteiger partial charge in [0.1, 0.15) is 5.69 Å². The first-order valence-corrected chi connectivity index (χ1v) is 8.46. The maximum atomic E-state index is 12.2. The molecule has 0 bridgehead atoms. The molecule has 0 unspecified atom stereocenters. The van der Waals surface area contributed by atoms with E-state index in [-0.39, 0.29) is 5.91 Å². The number of hydrogen-bond acceptors (Lipinski definition) is 2. The summed E-state index contributed by atoms with van der Waals surface area (Å²) in [5.41, 5.74) is 3.71. The first-order chi connectivity index (χ1) is 11.1. The largest absolute Gasteiger partial charge is 0.321 e. The molecule has 0 aliphatic carbocycles. The lowest BCUT2D eigenvalue weighted by atomic mass is 10.0. The molecule has 23 heavy (non-hydrogen) atoms. The first kappa shape index (κ1) is 17.2. The van der Waals surface area contributed by atoms with Crippen LogP contribution in [0.5, 0.6) is 0 Å². The second kappa shape index (κ2) is 8.47. The Labute approximate surface area is 139 Å². The third-order valence-corrected chi connectivity index (χ3v) is 3.96. The third kappa shape index (κ3) is 5.20. The Bertz CT molecular complexity index is 615. The highest BCUT2D eigenvalue weighted by molar-refractivity contribution is 6.02. The highest BCUT2D eigenvalue weighted by Crippen LogP contribution is 2.17. The number of unbranched alkanes of at least 4 members (excludes halogenated alkanes) is 2. The van der Waals surface area contributed by atoms with Crippen LogP contribution in [0, 0.1) is 0 Å². The van der Waals surface area contributed by atoms with Gasteiger partial charge in [-0.3, -0.25) is 9.78 Å². The lowest BCUT2D eigenvalue weighted by Crippen LogP contribution is -2.13. The molecule has 1 heterocycles. The summed E-state index contributed by atoms with van der Waals surface area (Å²) in [4.78, 5) is 16.5. The van der Waals surface area contributed by atoms with E-state index in [9.17, 15) is 4.79 Å². The average Bonchev–Trinajstić information content (AvgIpc) is 2.56. The Balaban J connectivity index is 1.94. The van der Waals surface area contributed by atoms with Crippen molar-refractivity contribution in [3.8, 4) is 0 Å². The minimum Gasteiger partial charge on any atom is -0.321 e. The van der Waals surface area contributed by atoms with E-state index in [1.54, 1.807) is 6.07 Å². The molecule has 1 aromatic heterocycles. The molecule has 0 radical (unpaired) electrons. The highest BCUT2D eigenvalue weighted by Gasteiger charge is 2.08. The van der Waals surface area contributed by atoms with Gasteiger partial charge in [-0.25, -0.2) is 0 Å². The fraction of sp³-hybridized carbons (Fsp3) is 0.400. The van der Waals surface area contributed by atoms with E-state index in [0.717, 1.165) is 12.1 Å². The molecule has 0 atom stereocenters. The summed E-state index contributed by atoms with van der Waals surface area (Å²) in [6.45, 7) is 6.50. The molecule has 3 heteroatoms. The van der Waals surface area contributed by atoms with Crippen LogP contribution >= 0.6 is 0 Å². The summed E-state index contributed by atoms with van der Waals surface area (Å²) in [5, 5.41) is 2.89. The molecule has 0 aliphatic rings. The molecule has 0 aliphatic heterocycles. The van der Waals surface area contributed by atoms with E-state index >= 15 is 0 Å². The quantitative estimate of drug-likeness (QED) is 0.715. The van der Waals surface area contributed by atoms with Crippen LogP contribution in [-0.2, 0) is 6.42 Å². The Hall–Kier alpha value is -2.16. The summed E-state index contributed by atoms with van der Waals surface area (Å²) in [5.74, 6) is 0.323. The average molecular weight is 310 g/mol. The van der Waals surface area contributed by atoms with Crippen LogP contribution in [0.25, 0.3) is 0 Å². The Morgan fingerprint density at radius 2 is 1.83 bits per heavy atom. The SMILES string of the molecule is CCCCCc1ccc(C(=O)Nc2ccc(C(C)C)cc2)nc1. The second-order valence-corrected chi connectivity index (χ2v) is 6.24. The van der Waals surface area contributed by atoms with Gasteiger partial charge in [0.15, 0.2) is 0 Å². The van der Waals surface area contributed by atoms with Crippen molar-refractivity contribution < 1.29 is 4.79 Å². The van der Waals surface area contributed by atoms with Gasteiger partial charge in [-0.05, 0) is 48.1 Å². The number of benzene rings is 1. The smallest absolute Gasteiger partial charge is 0.274 e. The number of aryl methyl sites for hydroxylation is 1. The molecule has 0 saturated heterocycles. The zero-order valence-electron chi connectivity index (χ0n) is 14.3. The molecule has 3 nitrogen and oxygen atoms in total. The topological polar surface area (TPSA) is 42.0 Å². The Kier molecular flexibility index (Phi) is 6.33. The standard InChI is InChI=1S/C20H26N2O/c1-4-5-6-7-16-8-13-19(21-14-16)20(23)22-18-11-9-17(10-12-18)15(2)3/h8-15H,4-7H2,1-3H3,(H,22,23). The van der Waals surface area contributed by atoms with Crippen LogP contribution in [0.15, 0.2) is 42.6 Å². The molecule has 1 amide bonds. The van der Waals surface area contributed by atoms with Gasteiger partial charge in [0.25, 0.3) is 5.91 Å². The van der Waals surface area contributed by atoms with Crippen LogP contribution in [0.1, 0.15) is 67.6 Å². The van der Waals surface area contributed by atoms with E-state index in [1.165, 1.54) is 30.4 Å². The summed E-state index contributed by atoms with van der Waals surface area (Å²) < 4.78 is 0. The number of nitrogens with one attached hydrogen (secondary N) is 1. The van der Waals surface area contributed by atoms with Gasteiger partial charge < -0.3 is 5.32 Å². The van der Waals surface area contributed by atoms with Crippen LogP contribution in [0.4, 0.5) is 5.69 Å². The predicted molar refractivity (Wildman–Crippen MR) is 96.0 cm³/mol. The number of aromatic nitrogens is 1. The number of rotatable bonds is 7.